The first-order chi connectivity index (χ1) is 9.53. The second-order valence-electron chi connectivity index (χ2n) is 6.65. The Morgan fingerprint density at radius 3 is 2.38 bits per heavy atom. The second kappa shape index (κ2) is 6.58. The van der Waals surface area contributed by atoms with Crippen LogP contribution in [0.2, 0.25) is 0 Å². The Bertz CT molecular complexity index is 487. The van der Waals surface area contributed by atoms with E-state index in [1.54, 1.807) is 14.1 Å². The molecule has 1 aromatic heterocycles. The molecule has 0 fully saturated rings. The number of nitrogens with two attached hydrogens (primary N) is 1. The number of oxazole rings is 1. The van der Waals surface area contributed by atoms with Crippen LogP contribution in [-0.4, -0.2) is 42.1 Å². The summed E-state index contributed by atoms with van der Waals surface area (Å²) in [5.41, 5.74) is 6.10. The Labute approximate surface area is 126 Å². The van der Waals surface area contributed by atoms with Gasteiger partial charge >= 0.3 is 0 Å². The highest BCUT2D eigenvalue weighted by Crippen LogP contribution is 2.25. The van der Waals surface area contributed by atoms with Crippen LogP contribution >= 0.6 is 0 Å². The SMILES string of the molecule is CC(C)c1oc([C@@H](N)COC(C)(C)C)nc1C(=O)N(C)C. The number of aromatic nitrogens is 1. The Kier molecular flexibility index (Phi) is 5.53. The lowest BCUT2D eigenvalue weighted by Crippen LogP contribution is -2.27. The van der Waals surface area contributed by atoms with Crippen molar-refractivity contribution in [2.45, 2.75) is 52.2 Å². The minimum atomic E-state index is -0.495. The third kappa shape index (κ3) is 4.82. The molecule has 2 N–H and O–H groups in total. The molecule has 21 heavy (non-hydrogen) atoms. The molecule has 120 valence electrons. The highest BCUT2D eigenvalue weighted by molar-refractivity contribution is 5.93. The molecule has 0 spiro atoms. The third-order valence-corrected chi connectivity index (χ3v) is 2.82. The number of nitrogens with zero attached hydrogens (tertiary/aromatic N) is 2. The summed E-state index contributed by atoms with van der Waals surface area (Å²) in [6.45, 7) is 10.1. The van der Waals surface area contributed by atoms with E-state index in [9.17, 15) is 4.79 Å². The summed E-state index contributed by atoms with van der Waals surface area (Å²) in [6, 6.07) is -0.495. The van der Waals surface area contributed by atoms with Crippen LogP contribution in [0.25, 0.3) is 0 Å². The van der Waals surface area contributed by atoms with Gasteiger partial charge in [-0.25, -0.2) is 4.98 Å². The molecule has 0 aliphatic carbocycles. The van der Waals surface area contributed by atoms with E-state index >= 15 is 0 Å². The number of hydrogen-bond acceptors (Lipinski definition) is 5. The lowest BCUT2D eigenvalue weighted by atomic mass is 10.1. The maximum absolute atomic E-state index is 12.2. The van der Waals surface area contributed by atoms with Crippen LogP contribution in [0.3, 0.4) is 0 Å². The topological polar surface area (TPSA) is 81.6 Å². The van der Waals surface area contributed by atoms with Gasteiger partial charge in [0.25, 0.3) is 5.91 Å². The fourth-order valence-electron chi connectivity index (χ4n) is 1.68. The minimum absolute atomic E-state index is 0.0564. The second-order valence-corrected chi connectivity index (χ2v) is 6.65. The highest BCUT2D eigenvalue weighted by Gasteiger charge is 2.26. The zero-order valence-electron chi connectivity index (χ0n) is 14.1. The zero-order valence-corrected chi connectivity index (χ0v) is 14.1. The summed E-state index contributed by atoms with van der Waals surface area (Å²) in [5.74, 6) is 0.779. The first kappa shape index (κ1) is 17.7. The van der Waals surface area contributed by atoms with Crippen LogP contribution in [0.5, 0.6) is 0 Å². The van der Waals surface area contributed by atoms with Crippen molar-refractivity contribution in [1.82, 2.24) is 9.88 Å². The summed E-state index contributed by atoms with van der Waals surface area (Å²) in [4.78, 5) is 17.9. The van der Waals surface area contributed by atoms with E-state index in [1.165, 1.54) is 4.90 Å². The largest absolute Gasteiger partial charge is 0.443 e. The normalized spacial score (nSPS) is 13.6. The molecule has 6 nitrogen and oxygen atoms in total. The number of carbonyl (C=O) groups excluding carboxylic acids is 1. The molecule has 6 heteroatoms. The van der Waals surface area contributed by atoms with E-state index in [2.05, 4.69) is 4.98 Å². The molecule has 1 amide bonds. The lowest BCUT2D eigenvalue weighted by Gasteiger charge is -2.21. The maximum Gasteiger partial charge on any atom is 0.275 e. The molecule has 1 rings (SSSR count). The monoisotopic (exact) mass is 297 g/mol. The molecule has 0 aromatic carbocycles. The van der Waals surface area contributed by atoms with Crippen LogP contribution in [0.4, 0.5) is 0 Å². The van der Waals surface area contributed by atoms with Gasteiger partial charge in [-0.1, -0.05) is 13.8 Å². The molecule has 1 aromatic rings. The Morgan fingerprint density at radius 1 is 1.38 bits per heavy atom. The van der Waals surface area contributed by atoms with Crippen LogP contribution in [0, 0.1) is 0 Å². The van der Waals surface area contributed by atoms with Crippen molar-refractivity contribution in [2.24, 2.45) is 5.73 Å². The van der Waals surface area contributed by atoms with E-state index in [1.807, 2.05) is 34.6 Å². The van der Waals surface area contributed by atoms with Crippen LogP contribution in [-0.2, 0) is 4.74 Å². The number of amides is 1. The average molecular weight is 297 g/mol. The van der Waals surface area contributed by atoms with Gasteiger partial charge in [0.15, 0.2) is 5.69 Å². The minimum Gasteiger partial charge on any atom is -0.443 e. The van der Waals surface area contributed by atoms with Crippen molar-refractivity contribution in [2.75, 3.05) is 20.7 Å². The number of carbonyl (C=O) groups is 1. The Balaban J connectivity index is 2.99. The van der Waals surface area contributed by atoms with Gasteiger partial charge in [0.05, 0.1) is 12.2 Å². The smallest absolute Gasteiger partial charge is 0.275 e. The summed E-state index contributed by atoms with van der Waals surface area (Å²) in [5, 5.41) is 0. The summed E-state index contributed by atoms with van der Waals surface area (Å²) < 4.78 is 11.4. The van der Waals surface area contributed by atoms with Gasteiger partial charge in [0, 0.05) is 20.0 Å². The molecule has 0 saturated carbocycles. The lowest BCUT2D eigenvalue weighted by molar-refractivity contribution is -0.0130. The van der Waals surface area contributed by atoms with Crippen LogP contribution in [0.15, 0.2) is 4.42 Å². The fourth-order valence-corrected chi connectivity index (χ4v) is 1.68. The van der Waals surface area contributed by atoms with Gasteiger partial charge in [-0.15, -0.1) is 0 Å². The standard InChI is InChI=1S/C15H27N3O3/c1-9(2)12-11(14(19)18(6)7)17-13(21-12)10(16)8-20-15(3,4)5/h9-10H,8,16H2,1-7H3/t10-/m0/s1. The predicted molar refractivity (Wildman–Crippen MR) is 81.2 cm³/mol. The van der Waals surface area contributed by atoms with E-state index in [0.717, 1.165) is 0 Å². The Hall–Kier alpha value is -1.40. The average Bonchev–Trinajstić information content (AvgIpc) is 2.78. The molecule has 1 heterocycles. The molecule has 0 bridgehead atoms. The summed E-state index contributed by atoms with van der Waals surface area (Å²) in [7, 11) is 3.37. The van der Waals surface area contributed by atoms with Crippen molar-refractivity contribution in [3.05, 3.63) is 17.3 Å². The third-order valence-electron chi connectivity index (χ3n) is 2.82. The van der Waals surface area contributed by atoms with Crippen molar-refractivity contribution >= 4 is 5.91 Å². The van der Waals surface area contributed by atoms with Crippen molar-refractivity contribution < 1.29 is 13.9 Å². The molecule has 0 saturated heterocycles. The first-order valence-corrected chi connectivity index (χ1v) is 7.14. The Morgan fingerprint density at radius 2 is 1.95 bits per heavy atom. The molecule has 0 aliphatic rings. The van der Waals surface area contributed by atoms with Gasteiger partial charge in [0.2, 0.25) is 5.89 Å². The van der Waals surface area contributed by atoms with Gasteiger partial charge in [0.1, 0.15) is 11.8 Å². The quantitative estimate of drug-likeness (QED) is 0.902. The van der Waals surface area contributed by atoms with Crippen molar-refractivity contribution in [3.63, 3.8) is 0 Å². The molecule has 1 atom stereocenters. The number of hydrogen-bond donors (Lipinski definition) is 1. The van der Waals surface area contributed by atoms with Gasteiger partial charge in [-0.2, -0.15) is 0 Å². The molecule has 0 radical (unpaired) electrons. The van der Waals surface area contributed by atoms with Crippen molar-refractivity contribution in [3.8, 4) is 0 Å². The molecule has 0 unspecified atom stereocenters. The van der Waals surface area contributed by atoms with Gasteiger partial charge in [-0.3, -0.25) is 4.79 Å². The number of rotatable bonds is 5. The van der Waals surface area contributed by atoms with Gasteiger partial charge in [-0.05, 0) is 20.8 Å². The summed E-state index contributed by atoms with van der Waals surface area (Å²) in [6.07, 6.45) is 0. The molecule has 0 aliphatic heterocycles. The first-order valence-electron chi connectivity index (χ1n) is 7.14. The fraction of sp³-hybridized carbons (Fsp3) is 0.733. The van der Waals surface area contributed by atoms with Crippen LogP contribution in [0.1, 0.15) is 68.7 Å². The van der Waals surface area contributed by atoms with E-state index < -0.39 is 6.04 Å². The molecular weight excluding hydrogens is 270 g/mol. The summed E-state index contributed by atoms with van der Waals surface area (Å²) >= 11 is 0. The maximum atomic E-state index is 12.2. The van der Waals surface area contributed by atoms with E-state index in [4.69, 9.17) is 14.9 Å². The highest BCUT2D eigenvalue weighted by atomic mass is 16.5. The van der Waals surface area contributed by atoms with Crippen molar-refractivity contribution in [1.29, 1.82) is 0 Å². The molecular formula is C15H27N3O3. The number of ether oxygens (including phenoxy) is 1. The zero-order chi connectivity index (χ0) is 16.4. The van der Waals surface area contributed by atoms with E-state index in [0.29, 0.717) is 17.3 Å². The van der Waals surface area contributed by atoms with Gasteiger partial charge < -0.3 is 19.8 Å². The van der Waals surface area contributed by atoms with E-state index in [-0.39, 0.29) is 24.0 Å². The predicted octanol–water partition coefficient (Wildman–Crippen LogP) is 2.31. The van der Waals surface area contributed by atoms with Crippen LogP contribution < -0.4 is 5.73 Å².